The van der Waals surface area contributed by atoms with E-state index in [0.29, 0.717) is 0 Å². The van der Waals surface area contributed by atoms with Gasteiger partial charge < -0.3 is 4.98 Å². The minimum absolute atomic E-state index is 0.0949. The number of nitrogens with one attached hydrogen (secondary N) is 1. The van der Waals surface area contributed by atoms with Gasteiger partial charge in [-0.05, 0) is 12.1 Å². The first-order chi connectivity index (χ1) is 4.50. The smallest absolute Gasteiger partial charge is 0.190 e. The maximum atomic E-state index is 10.7. The van der Waals surface area contributed by atoms with Gasteiger partial charge in [0.1, 0.15) is 5.03 Å². The van der Waals surface area contributed by atoms with Crippen molar-refractivity contribution < 1.29 is 9.79 Å². The van der Waals surface area contributed by atoms with Crippen molar-refractivity contribution in [3.63, 3.8) is 0 Å². The van der Waals surface area contributed by atoms with E-state index in [9.17, 15) is 8.42 Å². The Labute approximate surface area is 55.0 Å². The molecule has 0 spiro atoms. The van der Waals surface area contributed by atoms with Gasteiger partial charge in [0.15, 0.2) is 9.84 Å². The predicted molar refractivity (Wildman–Crippen MR) is 33.9 cm³/mol. The van der Waals surface area contributed by atoms with Gasteiger partial charge in [-0.2, -0.15) is 0 Å². The summed E-state index contributed by atoms with van der Waals surface area (Å²) in [6.45, 7) is 0. The fraction of sp³-hybridized carbons (Fsp3) is 0.200. The van der Waals surface area contributed by atoms with Gasteiger partial charge >= 0.3 is 0 Å². The summed E-state index contributed by atoms with van der Waals surface area (Å²) in [5, 5.41) is 0.0949. The second-order valence-electron chi connectivity index (χ2n) is 1.74. The first kappa shape index (κ1) is 5.05. The summed E-state index contributed by atoms with van der Waals surface area (Å²) < 4.78 is 28.4. The Morgan fingerprint density at radius 2 is 2.44 bits per heavy atom. The van der Waals surface area contributed by atoms with Crippen LogP contribution in [-0.2, 0) is 9.84 Å². The van der Waals surface area contributed by atoms with Crippen molar-refractivity contribution in [1.29, 1.82) is 0 Å². The zero-order chi connectivity index (χ0) is 7.78. The molecule has 1 aromatic rings. The lowest BCUT2D eigenvalue weighted by molar-refractivity contribution is 0.599. The minimum Gasteiger partial charge on any atom is -0.352 e. The van der Waals surface area contributed by atoms with Crippen molar-refractivity contribution in [2.24, 2.45) is 0 Å². The van der Waals surface area contributed by atoms with Crippen LogP contribution in [0.1, 0.15) is 1.37 Å². The van der Waals surface area contributed by atoms with Gasteiger partial charge in [0.2, 0.25) is 0 Å². The Morgan fingerprint density at radius 1 is 1.78 bits per heavy atom. The lowest BCUT2D eigenvalue weighted by atomic mass is 10.7. The monoisotopic (exact) mass is 146 g/mol. The summed E-state index contributed by atoms with van der Waals surface area (Å²) in [4.78, 5) is 2.39. The van der Waals surface area contributed by atoms with Crippen molar-refractivity contribution in [3.8, 4) is 0 Å². The van der Waals surface area contributed by atoms with Gasteiger partial charge in [0.25, 0.3) is 0 Å². The third-order valence-corrected chi connectivity index (χ3v) is 1.95. The fourth-order valence-corrected chi connectivity index (χ4v) is 1.05. The molecule has 0 aliphatic rings. The molecule has 0 aliphatic heterocycles. The van der Waals surface area contributed by atoms with Crippen LogP contribution in [0.2, 0.25) is 0 Å². The van der Waals surface area contributed by atoms with Crippen LogP contribution in [-0.4, -0.2) is 19.7 Å². The summed E-state index contributed by atoms with van der Waals surface area (Å²) in [7, 11) is -3.16. The molecule has 1 N–H and O–H groups in total. The van der Waals surface area contributed by atoms with Gasteiger partial charge in [-0.25, -0.2) is 8.42 Å². The van der Waals surface area contributed by atoms with Crippen molar-refractivity contribution in [3.05, 3.63) is 18.3 Å². The van der Waals surface area contributed by atoms with E-state index >= 15 is 0 Å². The van der Waals surface area contributed by atoms with Crippen LogP contribution in [0.25, 0.3) is 0 Å². The summed E-state index contributed by atoms with van der Waals surface area (Å²) in [6, 6.07) is 2.77. The molecular formula is C5H7NO2S. The zero-order valence-corrected chi connectivity index (χ0v) is 5.70. The predicted octanol–water partition coefficient (Wildman–Crippen LogP) is 0.418. The van der Waals surface area contributed by atoms with Crippen molar-refractivity contribution in [2.75, 3.05) is 6.26 Å². The molecular weight excluding hydrogens is 138 g/mol. The molecule has 0 amide bonds. The molecule has 0 saturated heterocycles. The largest absolute Gasteiger partial charge is 0.352 e. The van der Waals surface area contributed by atoms with Crippen LogP contribution in [0.3, 0.4) is 0 Å². The summed E-state index contributed by atoms with van der Waals surface area (Å²) in [6.07, 6.45) is 1.21. The molecule has 50 valence electrons. The van der Waals surface area contributed by atoms with Gasteiger partial charge in [-0.15, -0.1) is 0 Å². The average molecular weight is 146 g/mol. The highest BCUT2D eigenvalue weighted by Crippen LogP contribution is 2.01. The standard InChI is InChI=1S/C5H7NO2S/c1-9(7,8)5-3-2-4-6-5/h2-4,6H,1H3/i4D. The normalized spacial score (nSPS) is 13.2. The van der Waals surface area contributed by atoms with E-state index in [2.05, 4.69) is 4.98 Å². The third-order valence-electron chi connectivity index (χ3n) is 0.913. The minimum atomic E-state index is -3.16. The summed E-state index contributed by atoms with van der Waals surface area (Å²) in [5.41, 5.74) is 0. The number of hydrogen-bond acceptors (Lipinski definition) is 2. The number of rotatable bonds is 1. The van der Waals surface area contributed by atoms with Crippen LogP contribution >= 0.6 is 0 Å². The van der Waals surface area contributed by atoms with Crippen LogP contribution in [0.4, 0.5) is 0 Å². The van der Waals surface area contributed by atoms with Gasteiger partial charge in [-0.3, -0.25) is 0 Å². The van der Waals surface area contributed by atoms with Crippen molar-refractivity contribution in [1.82, 2.24) is 4.98 Å². The van der Waals surface area contributed by atoms with Gasteiger partial charge in [0, 0.05) is 12.4 Å². The molecule has 0 saturated carbocycles. The number of aromatic nitrogens is 1. The van der Waals surface area contributed by atoms with E-state index < -0.39 is 9.84 Å². The third kappa shape index (κ3) is 1.32. The molecule has 9 heavy (non-hydrogen) atoms. The Morgan fingerprint density at radius 3 is 2.67 bits per heavy atom. The van der Waals surface area contributed by atoms with Crippen LogP contribution < -0.4 is 0 Å². The summed E-state index contributed by atoms with van der Waals surface area (Å²) in [5.74, 6) is 0. The maximum absolute atomic E-state index is 10.7. The van der Waals surface area contributed by atoms with Gasteiger partial charge in [-0.1, -0.05) is 0 Å². The summed E-state index contributed by atoms with van der Waals surface area (Å²) >= 11 is 0. The molecule has 1 aromatic heterocycles. The molecule has 0 bridgehead atoms. The maximum Gasteiger partial charge on any atom is 0.190 e. The number of hydrogen-bond donors (Lipinski definition) is 1. The zero-order valence-electron chi connectivity index (χ0n) is 5.88. The van der Waals surface area contributed by atoms with Crippen molar-refractivity contribution in [2.45, 2.75) is 5.03 Å². The second-order valence-corrected chi connectivity index (χ2v) is 3.72. The van der Waals surface area contributed by atoms with E-state index in [-0.39, 0.29) is 11.2 Å². The first-order valence-electron chi connectivity index (χ1n) is 2.86. The Bertz CT molecular complexity index is 327. The molecule has 0 atom stereocenters. The Kier molecular flexibility index (Phi) is 1.05. The van der Waals surface area contributed by atoms with Crippen LogP contribution in [0.5, 0.6) is 0 Å². The Hall–Kier alpha value is -0.770. The molecule has 0 aromatic carbocycles. The van der Waals surface area contributed by atoms with E-state index in [1.165, 1.54) is 12.1 Å². The highest BCUT2D eigenvalue weighted by Gasteiger charge is 2.04. The fourth-order valence-electron chi connectivity index (χ4n) is 0.488. The second kappa shape index (κ2) is 1.88. The van der Waals surface area contributed by atoms with E-state index in [1.54, 1.807) is 0 Å². The van der Waals surface area contributed by atoms with Crippen molar-refractivity contribution >= 4 is 9.84 Å². The molecule has 1 rings (SSSR count). The Balaban J connectivity index is 3.21. The molecule has 1 heterocycles. The topological polar surface area (TPSA) is 49.9 Å². The quantitative estimate of drug-likeness (QED) is 0.624. The van der Waals surface area contributed by atoms with E-state index in [1.807, 2.05) is 0 Å². The molecule has 3 nitrogen and oxygen atoms in total. The molecule has 0 aliphatic carbocycles. The molecule has 0 radical (unpaired) electrons. The number of H-pyrrole nitrogens is 1. The van der Waals surface area contributed by atoms with Gasteiger partial charge in [0.05, 0.1) is 1.37 Å². The lowest BCUT2D eigenvalue weighted by Crippen LogP contribution is -1.95. The highest BCUT2D eigenvalue weighted by atomic mass is 32.2. The van der Waals surface area contributed by atoms with E-state index in [0.717, 1.165) is 6.26 Å². The highest BCUT2D eigenvalue weighted by molar-refractivity contribution is 7.90. The molecule has 4 heteroatoms. The number of sulfone groups is 1. The molecule has 0 fully saturated rings. The van der Waals surface area contributed by atoms with Crippen LogP contribution in [0, 0.1) is 0 Å². The number of aromatic amines is 1. The first-order valence-corrected chi connectivity index (χ1v) is 4.25. The SMILES string of the molecule is [2H]c1ccc(S(C)(=O)=O)[nH]1. The lowest BCUT2D eigenvalue weighted by Gasteiger charge is -1.87. The van der Waals surface area contributed by atoms with E-state index in [4.69, 9.17) is 1.37 Å². The van der Waals surface area contributed by atoms with Crippen LogP contribution in [0.15, 0.2) is 23.3 Å². The molecule has 0 unspecified atom stereocenters. The average Bonchev–Trinajstić information content (AvgIpc) is 2.11.